The van der Waals surface area contributed by atoms with Crippen molar-refractivity contribution in [3.63, 3.8) is 0 Å². The van der Waals surface area contributed by atoms with Gasteiger partial charge in [0.05, 0.1) is 12.1 Å². The van der Waals surface area contributed by atoms with Crippen LogP contribution in [0.4, 0.5) is 0 Å². The molecular formula is C16H23ClN6O. The molecule has 0 spiro atoms. The quantitative estimate of drug-likeness (QED) is 0.895. The van der Waals surface area contributed by atoms with Crippen molar-refractivity contribution in [2.45, 2.75) is 32.2 Å². The summed E-state index contributed by atoms with van der Waals surface area (Å²) in [5.41, 5.74) is 7.83. The topological polar surface area (TPSA) is 89.9 Å². The summed E-state index contributed by atoms with van der Waals surface area (Å²) in [5, 5.41) is 11.1. The first-order valence-corrected chi connectivity index (χ1v) is 7.99. The fourth-order valence-corrected chi connectivity index (χ4v) is 3.01. The highest BCUT2D eigenvalue weighted by Crippen LogP contribution is 2.20. The van der Waals surface area contributed by atoms with Gasteiger partial charge in [0.15, 0.2) is 0 Å². The van der Waals surface area contributed by atoms with Gasteiger partial charge in [-0.05, 0) is 53.8 Å². The number of aromatic nitrogens is 4. The third-order valence-electron chi connectivity index (χ3n) is 4.54. The van der Waals surface area contributed by atoms with E-state index in [1.807, 2.05) is 36.1 Å². The molecule has 1 aromatic carbocycles. The van der Waals surface area contributed by atoms with E-state index < -0.39 is 0 Å². The van der Waals surface area contributed by atoms with Gasteiger partial charge < -0.3 is 10.6 Å². The fourth-order valence-electron chi connectivity index (χ4n) is 3.01. The molecule has 1 aromatic heterocycles. The van der Waals surface area contributed by atoms with E-state index >= 15 is 0 Å². The molecule has 0 saturated carbocycles. The zero-order valence-corrected chi connectivity index (χ0v) is 14.5. The molecular weight excluding hydrogens is 328 g/mol. The Hall–Kier alpha value is -1.99. The molecule has 1 unspecified atom stereocenters. The van der Waals surface area contributed by atoms with Crippen molar-refractivity contribution in [1.29, 1.82) is 0 Å². The Bertz CT molecular complexity index is 635. The summed E-state index contributed by atoms with van der Waals surface area (Å²) in [5.74, 6) is 0.720. The van der Waals surface area contributed by atoms with Crippen molar-refractivity contribution in [2.24, 2.45) is 11.7 Å². The van der Waals surface area contributed by atoms with Gasteiger partial charge in [-0.2, -0.15) is 0 Å². The number of carbonyl (C=O) groups is 1. The van der Waals surface area contributed by atoms with Crippen molar-refractivity contribution in [3.05, 3.63) is 36.2 Å². The summed E-state index contributed by atoms with van der Waals surface area (Å²) in [6.45, 7) is 3.68. The van der Waals surface area contributed by atoms with Gasteiger partial charge in [-0.25, -0.2) is 4.68 Å². The van der Waals surface area contributed by atoms with Crippen LogP contribution in [0.2, 0.25) is 0 Å². The molecule has 0 bridgehead atoms. The Morgan fingerprint density at radius 3 is 2.50 bits per heavy atom. The molecule has 2 N–H and O–H groups in total. The Morgan fingerprint density at radius 1 is 1.29 bits per heavy atom. The summed E-state index contributed by atoms with van der Waals surface area (Å²) in [6.07, 6.45) is 3.98. The lowest BCUT2D eigenvalue weighted by Crippen LogP contribution is -2.43. The van der Waals surface area contributed by atoms with E-state index in [1.54, 1.807) is 11.0 Å². The lowest BCUT2D eigenvalue weighted by atomic mass is 9.91. The minimum absolute atomic E-state index is 0. The molecule has 0 radical (unpaired) electrons. The summed E-state index contributed by atoms with van der Waals surface area (Å²) < 4.78 is 1.59. The van der Waals surface area contributed by atoms with Gasteiger partial charge in [0, 0.05) is 19.1 Å². The molecule has 1 amide bonds. The average Bonchev–Trinajstić information content (AvgIpc) is 3.10. The van der Waals surface area contributed by atoms with E-state index in [0.717, 1.165) is 37.2 Å². The molecule has 1 fully saturated rings. The minimum Gasteiger partial charge on any atom is -0.342 e. The largest absolute Gasteiger partial charge is 0.342 e. The lowest BCUT2D eigenvalue weighted by Gasteiger charge is -2.33. The van der Waals surface area contributed by atoms with Crippen LogP contribution >= 0.6 is 12.4 Å². The van der Waals surface area contributed by atoms with Gasteiger partial charge in [0.1, 0.15) is 6.33 Å². The van der Waals surface area contributed by atoms with Gasteiger partial charge in [0.25, 0.3) is 0 Å². The van der Waals surface area contributed by atoms with Crippen LogP contribution in [-0.2, 0) is 11.2 Å². The molecule has 8 heteroatoms. The molecule has 130 valence electrons. The molecule has 2 heterocycles. The fraction of sp³-hybridized carbons (Fsp3) is 0.500. The predicted octanol–water partition coefficient (Wildman–Crippen LogP) is 1.21. The van der Waals surface area contributed by atoms with Crippen LogP contribution in [0.1, 0.15) is 25.3 Å². The average molecular weight is 351 g/mol. The second-order valence-electron chi connectivity index (χ2n) is 6.17. The number of carbonyl (C=O) groups excluding carboxylic acids is 1. The van der Waals surface area contributed by atoms with Crippen LogP contribution < -0.4 is 5.73 Å². The molecule has 1 aliphatic heterocycles. The maximum atomic E-state index is 12.4. The molecule has 1 aliphatic rings. The molecule has 1 atom stereocenters. The van der Waals surface area contributed by atoms with Gasteiger partial charge in [0.2, 0.25) is 5.91 Å². The minimum atomic E-state index is 0. The highest BCUT2D eigenvalue weighted by molar-refractivity contribution is 5.85. The lowest BCUT2D eigenvalue weighted by molar-refractivity contribution is -0.131. The number of halogens is 1. The van der Waals surface area contributed by atoms with Crippen LogP contribution in [0.15, 0.2) is 30.6 Å². The Kier molecular flexibility index (Phi) is 6.28. The monoisotopic (exact) mass is 350 g/mol. The second-order valence-corrected chi connectivity index (χ2v) is 6.17. The van der Waals surface area contributed by atoms with E-state index in [4.69, 9.17) is 5.73 Å². The van der Waals surface area contributed by atoms with Crippen LogP contribution in [0, 0.1) is 5.92 Å². The molecule has 0 aliphatic carbocycles. The number of amides is 1. The summed E-state index contributed by atoms with van der Waals surface area (Å²) >= 11 is 0. The number of benzene rings is 1. The van der Waals surface area contributed by atoms with Crippen molar-refractivity contribution in [2.75, 3.05) is 13.1 Å². The number of hydrogen-bond acceptors (Lipinski definition) is 5. The normalized spacial score (nSPS) is 16.5. The maximum absolute atomic E-state index is 12.4. The van der Waals surface area contributed by atoms with Gasteiger partial charge >= 0.3 is 0 Å². The van der Waals surface area contributed by atoms with E-state index in [2.05, 4.69) is 15.5 Å². The number of tetrazole rings is 1. The van der Waals surface area contributed by atoms with Crippen molar-refractivity contribution in [3.8, 4) is 5.69 Å². The van der Waals surface area contributed by atoms with Crippen molar-refractivity contribution >= 4 is 18.3 Å². The number of likely N-dealkylation sites (tertiary alicyclic amines) is 1. The van der Waals surface area contributed by atoms with Gasteiger partial charge in [-0.15, -0.1) is 17.5 Å². The smallest absolute Gasteiger partial charge is 0.226 e. The van der Waals surface area contributed by atoms with E-state index in [1.165, 1.54) is 0 Å². The number of piperidine rings is 1. The second kappa shape index (κ2) is 8.21. The van der Waals surface area contributed by atoms with E-state index in [0.29, 0.717) is 12.3 Å². The van der Waals surface area contributed by atoms with E-state index in [9.17, 15) is 4.79 Å². The first kappa shape index (κ1) is 18.4. The summed E-state index contributed by atoms with van der Waals surface area (Å²) in [4.78, 5) is 14.4. The Balaban J connectivity index is 0.00000208. The number of nitrogens with two attached hydrogens (primary N) is 1. The highest BCUT2D eigenvalue weighted by Gasteiger charge is 2.24. The van der Waals surface area contributed by atoms with Crippen molar-refractivity contribution in [1.82, 2.24) is 25.1 Å². The number of rotatable bonds is 4. The standard InChI is InChI=1S/C16H22N6O.ClH/c1-12(17)14-6-8-21(9-7-14)16(23)10-13-2-4-15(5-3-13)22-11-18-19-20-22;/h2-5,11-12,14H,6-10,17H2,1H3;1H. The zero-order valence-electron chi connectivity index (χ0n) is 13.7. The summed E-state index contributed by atoms with van der Waals surface area (Å²) in [6, 6.07) is 7.95. The van der Waals surface area contributed by atoms with Crippen LogP contribution in [-0.4, -0.2) is 50.1 Å². The summed E-state index contributed by atoms with van der Waals surface area (Å²) in [7, 11) is 0. The highest BCUT2D eigenvalue weighted by atomic mass is 35.5. The third kappa shape index (κ3) is 4.30. The molecule has 1 saturated heterocycles. The van der Waals surface area contributed by atoms with Gasteiger partial charge in [-0.1, -0.05) is 12.1 Å². The molecule has 2 aromatic rings. The molecule has 7 nitrogen and oxygen atoms in total. The maximum Gasteiger partial charge on any atom is 0.226 e. The van der Waals surface area contributed by atoms with Gasteiger partial charge in [-0.3, -0.25) is 4.79 Å². The Morgan fingerprint density at radius 2 is 1.96 bits per heavy atom. The molecule has 3 rings (SSSR count). The molecule has 24 heavy (non-hydrogen) atoms. The van der Waals surface area contributed by atoms with Crippen LogP contribution in [0.3, 0.4) is 0 Å². The third-order valence-corrected chi connectivity index (χ3v) is 4.54. The number of hydrogen-bond donors (Lipinski definition) is 1. The first-order valence-electron chi connectivity index (χ1n) is 7.99. The zero-order chi connectivity index (χ0) is 16.2. The SMILES string of the molecule is CC(N)C1CCN(C(=O)Cc2ccc(-n3cnnn3)cc2)CC1.Cl. The van der Waals surface area contributed by atoms with E-state index in [-0.39, 0.29) is 24.4 Å². The van der Waals surface area contributed by atoms with Crippen LogP contribution in [0.25, 0.3) is 5.69 Å². The number of nitrogens with zero attached hydrogens (tertiary/aromatic N) is 5. The van der Waals surface area contributed by atoms with Crippen molar-refractivity contribution < 1.29 is 4.79 Å². The first-order chi connectivity index (χ1) is 11.1. The predicted molar refractivity (Wildman–Crippen MR) is 93.1 cm³/mol. The Labute approximate surface area is 147 Å². The van der Waals surface area contributed by atoms with Crippen LogP contribution in [0.5, 0.6) is 0 Å².